The van der Waals surface area contributed by atoms with E-state index in [1.54, 1.807) is 36.4 Å². The lowest BCUT2D eigenvalue weighted by atomic mass is 10.1. The highest BCUT2D eigenvalue weighted by molar-refractivity contribution is 7.89. The third-order valence-corrected chi connectivity index (χ3v) is 7.42. The van der Waals surface area contributed by atoms with E-state index in [2.05, 4.69) is 10.7 Å². The maximum Gasteiger partial charge on any atom is 0.255 e. The van der Waals surface area contributed by atoms with Crippen LogP contribution in [0.4, 0.5) is 11.4 Å². The number of hydrogen-bond acceptors (Lipinski definition) is 5. The Morgan fingerprint density at radius 1 is 0.875 bits per heavy atom. The van der Waals surface area contributed by atoms with Gasteiger partial charge in [0.15, 0.2) is 0 Å². The first-order valence-corrected chi connectivity index (χ1v) is 11.9. The number of amides is 3. The largest absolute Gasteiger partial charge is 0.322 e. The van der Waals surface area contributed by atoms with Crippen LogP contribution in [0.25, 0.3) is 0 Å². The summed E-state index contributed by atoms with van der Waals surface area (Å²) in [6, 6.07) is 12.4. The zero-order chi connectivity index (χ0) is 22.7. The van der Waals surface area contributed by atoms with E-state index >= 15 is 0 Å². The Morgan fingerprint density at radius 3 is 2.19 bits per heavy atom. The Morgan fingerprint density at radius 2 is 1.53 bits per heavy atom. The van der Waals surface area contributed by atoms with Gasteiger partial charge in [-0.1, -0.05) is 6.42 Å². The Kier molecular flexibility index (Phi) is 6.24. The van der Waals surface area contributed by atoms with Crippen LogP contribution in [0.3, 0.4) is 0 Å². The van der Waals surface area contributed by atoms with Crippen LogP contribution in [-0.4, -0.2) is 43.5 Å². The van der Waals surface area contributed by atoms with Crippen LogP contribution >= 0.6 is 0 Å². The van der Waals surface area contributed by atoms with Crippen molar-refractivity contribution in [2.24, 2.45) is 0 Å². The van der Waals surface area contributed by atoms with Gasteiger partial charge in [-0.15, -0.1) is 0 Å². The summed E-state index contributed by atoms with van der Waals surface area (Å²) in [5.41, 5.74) is 3.79. The minimum Gasteiger partial charge on any atom is -0.322 e. The summed E-state index contributed by atoms with van der Waals surface area (Å²) in [5.74, 6) is -0.837. The third-order valence-electron chi connectivity index (χ3n) is 5.50. The van der Waals surface area contributed by atoms with Crippen molar-refractivity contribution in [3.63, 3.8) is 0 Å². The monoisotopic (exact) mass is 456 g/mol. The second kappa shape index (κ2) is 9.09. The van der Waals surface area contributed by atoms with Gasteiger partial charge in [0, 0.05) is 37.2 Å². The van der Waals surface area contributed by atoms with Gasteiger partial charge in [-0.05, 0) is 61.4 Å². The molecule has 10 heteroatoms. The first kappa shape index (κ1) is 22.0. The van der Waals surface area contributed by atoms with E-state index in [-0.39, 0.29) is 35.5 Å². The van der Waals surface area contributed by atoms with Crippen molar-refractivity contribution in [3.05, 3.63) is 54.1 Å². The summed E-state index contributed by atoms with van der Waals surface area (Å²) in [6.45, 7) is 1.06. The molecule has 0 aliphatic carbocycles. The third kappa shape index (κ3) is 4.66. The normalized spacial score (nSPS) is 17.7. The fourth-order valence-electron chi connectivity index (χ4n) is 3.71. The average Bonchev–Trinajstić information content (AvgIpc) is 2.81. The molecule has 2 heterocycles. The van der Waals surface area contributed by atoms with E-state index in [0.29, 0.717) is 30.0 Å². The number of rotatable bonds is 5. The zero-order valence-corrected chi connectivity index (χ0v) is 18.2. The SMILES string of the molecule is O=C1CCC(=O)N(c2ccc(C(=O)Nc3ccc(S(=O)(=O)N4CCCCC4)cc3)cc2)N1. The minimum atomic E-state index is -3.52. The van der Waals surface area contributed by atoms with Crippen molar-refractivity contribution in [1.82, 2.24) is 9.73 Å². The molecule has 2 fully saturated rings. The number of carbonyl (C=O) groups excluding carboxylic acids is 3. The maximum atomic E-state index is 12.7. The van der Waals surface area contributed by atoms with Crippen molar-refractivity contribution in [2.45, 2.75) is 37.0 Å². The minimum absolute atomic E-state index is 0.136. The predicted octanol–water partition coefficient (Wildman–Crippen LogP) is 2.27. The van der Waals surface area contributed by atoms with Crippen molar-refractivity contribution < 1.29 is 22.8 Å². The molecule has 2 N–H and O–H groups in total. The molecule has 0 aromatic heterocycles. The van der Waals surface area contributed by atoms with Crippen LogP contribution in [0, 0.1) is 0 Å². The lowest BCUT2D eigenvalue weighted by molar-refractivity contribution is -0.130. The van der Waals surface area contributed by atoms with E-state index in [4.69, 9.17) is 0 Å². The van der Waals surface area contributed by atoms with Crippen molar-refractivity contribution >= 4 is 39.1 Å². The predicted molar refractivity (Wildman–Crippen MR) is 118 cm³/mol. The van der Waals surface area contributed by atoms with E-state index in [1.807, 2.05) is 0 Å². The van der Waals surface area contributed by atoms with Gasteiger partial charge in [-0.3, -0.25) is 19.8 Å². The van der Waals surface area contributed by atoms with Crippen molar-refractivity contribution in [1.29, 1.82) is 0 Å². The number of nitrogens with one attached hydrogen (secondary N) is 2. The first-order valence-electron chi connectivity index (χ1n) is 10.5. The molecule has 9 nitrogen and oxygen atoms in total. The Hall–Kier alpha value is -3.24. The number of anilines is 2. The van der Waals surface area contributed by atoms with Gasteiger partial charge in [0.1, 0.15) is 0 Å². The molecule has 0 unspecified atom stereocenters. The number of nitrogens with zero attached hydrogens (tertiary/aromatic N) is 2. The Balaban J connectivity index is 1.41. The summed E-state index contributed by atoms with van der Waals surface area (Å²) in [5, 5.41) is 3.91. The molecule has 2 aromatic carbocycles. The quantitative estimate of drug-likeness (QED) is 0.716. The number of hydrazine groups is 1. The molecule has 32 heavy (non-hydrogen) atoms. The molecule has 0 bridgehead atoms. The molecule has 2 aromatic rings. The van der Waals surface area contributed by atoms with E-state index in [1.165, 1.54) is 21.4 Å². The van der Waals surface area contributed by atoms with E-state index in [0.717, 1.165) is 19.3 Å². The highest BCUT2D eigenvalue weighted by Crippen LogP contribution is 2.23. The van der Waals surface area contributed by atoms with Crippen LogP contribution < -0.4 is 15.8 Å². The molecule has 0 spiro atoms. The lowest BCUT2D eigenvalue weighted by Gasteiger charge is -2.27. The lowest BCUT2D eigenvalue weighted by Crippen LogP contribution is -2.50. The fraction of sp³-hybridized carbons (Fsp3) is 0.318. The molecule has 2 saturated heterocycles. The van der Waals surface area contributed by atoms with Gasteiger partial charge in [0.2, 0.25) is 21.8 Å². The zero-order valence-electron chi connectivity index (χ0n) is 17.4. The van der Waals surface area contributed by atoms with Crippen LogP contribution in [-0.2, 0) is 19.6 Å². The molecular weight excluding hydrogens is 432 g/mol. The van der Waals surface area contributed by atoms with E-state index < -0.39 is 10.0 Å². The van der Waals surface area contributed by atoms with Crippen LogP contribution in [0.1, 0.15) is 42.5 Å². The second-order valence-corrected chi connectivity index (χ2v) is 9.69. The van der Waals surface area contributed by atoms with Crippen LogP contribution in [0.15, 0.2) is 53.4 Å². The molecule has 0 radical (unpaired) electrons. The van der Waals surface area contributed by atoms with Gasteiger partial charge in [-0.25, -0.2) is 13.4 Å². The number of sulfonamides is 1. The summed E-state index contributed by atoms with van der Waals surface area (Å²) in [7, 11) is -3.52. The summed E-state index contributed by atoms with van der Waals surface area (Å²) < 4.78 is 27.0. The van der Waals surface area contributed by atoms with Crippen molar-refractivity contribution in [2.75, 3.05) is 23.4 Å². The van der Waals surface area contributed by atoms with Crippen molar-refractivity contribution in [3.8, 4) is 0 Å². The first-order chi connectivity index (χ1) is 15.3. The molecule has 168 valence electrons. The number of hydrogen-bond donors (Lipinski definition) is 2. The fourth-order valence-corrected chi connectivity index (χ4v) is 5.23. The number of carbonyl (C=O) groups is 3. The molecule has 3 amide bonds. The molecular formula is C22H24N4O5S. The topological polar surface area (TPSA) is 116 Å². The molecule has 0 atom stereocenters. The molecule has 4 rings (SSSR count). The maximum absolute atomic E-state index is 12.7. The smallest absolute Gasteiger partial charge is 0.255 e. The number of benzene rings is 2. The molecule has 2 aliphatic rings. The Bertz CT molecular complexity index is 1120. The van der Waals surface area contributed by atoms with Crippen LogP contribution in [0.5, 0.6) is 0 Å². The number of piperidine rings is 1. The van der Waals surface area contributed by atoms with Gasteiger partial charge in [0.05, 0.1) is 10.6 Å². The van der Waals surface area contributed by atoms with Gasteiger partial charge >= 0.3 is 0 Å². The Labute approximate surface area is 186 Å². The average molecular weight is 457 g/mol. The summed E-state index contributed by atoms with van der Waals surface area (Å²) in [4.78, 5) is 36.3. The standard InChI is InChI=1S/C22H24N4O5S/c27-20-12-13-21(28)26(24-20)18-8-4-16(5-9-18)22(29)23-17-6-10-19(11-7-17)32(30,31)25-14-2-1-3-15-25/h4-11H,1-3,12-15H2,(H,23,29)(H,24,27). The highest BCUT2D eigenvalue weighted by atomic mass is 32.2. The van der Waals surface area contributed by atoms with Gasteiger partial charge in [-0.2, -0.15) is 4.31 Å². The summed E-state index contributed by atoms with van der Waals surface area (Å²) >= 11 is 0. The molecule has 0 saturated carbocycles. The van der Waals surface area contributed by atoms with Crippen LogP contribution in [0.2, 0.25) is 0 Å². The van der Waals surface area contributed by atoms with Gasteiger partial charge in [0.25, 0.3) is 5.91 Å². The molecule has 2 aliphatic heterocycles. The van der Waals surface area contributed by atoms with E-state index in [9.17, 15) is 22.8 Å². The highest BCUT2D eigenvalue weighted by Gasteiger charge is 2.26. The summed E-state index contributed by atoms with van der Waals surface area (Å²) in [6.07, 6.45) is 3.07. The second-order valence-electron chi connectivity index (χ2n) is 7.75. The van der Waals surface area contributed by atoms with Gasteiger partial charge < -0.3 is 5.32 Å².